The van der Waals surface area contributed by atoms with Crippen LogP contribution in [0.1, 0.15) is 23.7 Å². The third-order valence-corrected chi connectivity index (χ3v) is 4.24. The summed E-state index contributed by atoms with van der Waals surface area (Å²) in [6, 6.07) is 8.12. The summed E-state index contributed by atoms with van der Waals surface area (Å²) in [6.07, 6.45) is 0. The van der Waals surface area contributed by atoms with Gasteiger partial charge in [0.05, 0.1) is 12.2 Å². The largest absolute Gasteiger partial charge is 0.354 e. The molecule has 2 N–H and O–H groups in total. The molecular weight excluding hydrogens is 443 g/mol. The lowest BCUT2D eigenvalue weighted by Gasteiger charge is -2.13. The van der Waals surface area contributed by atoms with Crippen LogP contribution in [0.2, 0.25) is 5.02 Å². The maximum absolute atomic E-state index is 5.94. The standard InChI is InChI=1S/C16H21ClN4S.HI/c1-10(2)20-16(18-4)19-9-14-21-15(11(3)22-14)12-5-7-13(17)8-6-12;/h5-8,10H,9H2,1-4H3,(H2,18,19,20);1H. The molecule has 4 nitrogen and oxygen atoms in total. The molecule has 126 valence electrons. The smallest absolute Gasteiger partial charge is 0.191 e. The van der Waals surface area contributed by atoms with E-state index in [1.54, 1.807) is 18.4 Å². The van der Waals surface area contributed by atoms with Gasteiger partial charge in [-0.1, -0.05) is 23.7 Å². The summed E-state index contributed by atoms with van der Waals surface area (Å²) in [4.78, 5) is 10.1. The average molecular weight is 465 g/mol. The van der Waals surface area contributed by atoms with Gasteiger partial charge in [0.2, 0.25) is 0 Å². The number of nitrogens with zero attached hydrogens (tertiary/aromatic N) is 2. The van der Waals surface area contributed by atoms with Crippen LogP contribution in [0, 0.1) is 6.92 Å². The number of hydrogen-bond acceptors (Lipinski definition) is 3. The lowest BCUT2D eigenvalue weighted by atomic mass is 10.1. The van der Waals surface area contributed by atoms with Crippen LogP contribution in [0.25, 0.3) is 11.3 Å². The van der Waals surface area contributed by atoms with E-state index >= 15 is 0 Å². The Bertz CT molecular complexity index is 653. The molecule has 0 amide bonds. The number of thiazole rings is 1. The number of nitrogens with one attached hydrogen (secondary N) is 2. The molecule has 0 fully saturated rings. The van der Waals surface area contributed by atoms with Gasteiger partial charge in [-0.25, -0.2) is 4.98 Å². The fraction of sp³-hybridized carbons (Fsp3) is 0.375. The summed E-state index contributed by atoms with van der Waals surface area (Å²) in [6.45, 7) is 6.91. The van der Waals surface area contributed by atoms with E-state index in [4.69, 9.17) is 16.6 Å². The first-order valence-electron chi connectivity index (χ1n) is 7.19. The molecule has 0 atom stereocenters. The van der Waals surface area contributed by atoms with Gasteiger partial charge in [0.1, 0.15) is 5.01 Å². The minimum Gasteiger partial charge on any atom is -0.354 e. The summed E-state index contributed by atoms with van der Waals surface area (Å²) in [5, 5.41) is 8.32. The van der Waals surface area contributed by atoms with Crippen molar-refractivity contribution in [1.29, 1.82) is 0 Å². The average Bonchev–Trinajstić information content (AvgIpc) is 2.85. The minimum absolute atomic E-state index is 0. The molecule has 0 saturated heterocycles. The third-order valence-electron chi connectivity index (χ3n) is 3.01. The van der Waals surface area contributed by atoms with Gasteiger partial charge in [0.25, 0.3) is 0 Å². The van der Waals surface area contributed by atoms with Crippen LogP contribution in [0.15, 0.2) is 29.3 Å². The molecule has 1 heterocycles. The summed E-state index contributed by atoms with van der Waals surface area (Å²) in [5.41, 5.74) is 2.11. The Hall–Kier alpha value is -0.860. The Morgan fingerprint density at radius 3 is 2.52 bits per heavy atom. The molecule has 7 heteroatoms. The number of hydrogen-bond donors (Lipinski definition) is 2. The number of rotatable bonds is 4. The van der Waals surface area contributed by atoms with Crippen LogP contribution < -0.4 is 10.6 Å². The summed E-state index contributed by atoms with van der Waals surface area (Å²) < 4.78 is 0. The van der Waals surface area contributed by atoms with Crippen LogP contribution in [0.4, 0.5) is 0 Å². The van der Waals surface area contributed by atoms with Crippen molar-refractivity contribution in [3.63, 3.8) is 0 Å². The van der Waals surface area contributed by atoms with Crippen molar-refractivity contribution < 1.29 is 0 Å². The van der Waals surface area contributed by atoms with Crippen molar-refractivity contribution in [3.8, 4) is 11.3 Å². The van der Waals surface area contributed by atoms with Crippen LogP contribution in [0.3, 0.4) is 0 Å². The molecule has 0 aliphatic carbocycles. The highest BCUT2D eigenvalue weighted by atomic mass is 127. The van der Waals surface area contributed by atoms with Gasteiger partial charge in [0, 0.05) is 28.6 Å². The van der Waals surface area contributed by atoms with E-state index in [0.29, 0.717) is 12.6 Å². The van der Waals surface area contributed by atoms with E-state index in [-0.39, 0.29) is 24.0 Å². The Morgan fingerprint density at radius 2 is 1.96 bits per heavy atom. The van der Waals surface area contributed by atoms with E-state index in [1.165, 1.54) is 4.88 Å². The summed E-state index contributed by atoms with van der Waals surface area (Å²) >= 11 is 7.63. The van der Waals surface area contributed by atoms with E-state index < -0.39 is 0 Å². The van der Waals surface area contributed by atoms with Gasteiger partial charge < -0.3 is 10.6 Å². The van der Waals surface area contributed by atoms with Gasteiger partial charge in [0.15, 0.2) is 5.96 Å². The van der Waals surface area contributed by atoms with Crippen molar-refractivity contribution in [2.75, 3.05) is 7.05 Å². The minimum atomic E-state index is 0. The van der Waals surface area contributed by atoms with Gasteiger partial charge in [-0.2, -0.15) is 0 Å². The van der Waals surface area contributed by atoms with E-state index in [9.17, 15) is 0 Å². The fourth-order valence-electron chi connectivity index (χ4n) is 2.03. The molecule has 2 aromatic rings. The van der Waals surface area contributed by atoms with E-state index in [0.717, 1.165) is 27.2 Å². The second-order valence-corrected chi connectivity index (χ2v) is 6.97. The zero-order valence-electron chi connectivity index (χ0n) is 13.7. The van der Waals surface area contributed by atoms with Crippen molar-refractivity contribution in [2.24, 2.45) is 4.99 Å². The molecule has 0 saturated carbocycles. The highest BCUT2D eigenvalue weighted by Gasteiger charge is 2.10. The lowest BCUT2D eigenvalue weighted by molar-refractivity contribution is 0.699. The number of aryl methyl sites for hydroxylation is 1. The summed E-state index contributed by atoms with van der Waals surface area (Å²) in [5.74, 6) is 0.788. The predicted molar refractivity (Wildman–Crippen MR) is 111 cm³/mol. The maximum Gasteiger partial charge on any atom is 0.191 e. The van der Waals surface area contributed by atoms with Crippen molar-refractivity contribution in [1.82, 2.24) is 15.6 Å². The van der Waals surface area contributed by atoms with Gasteiger partial charge in [-0.3, -0.25) is 4.99 Å². The summed E-state index contributed by atoms with van der Waals surface area (Å²) in [7, 11) is 1.77. The zero-order valence-corrected chi connectivity index (χ0v) is 17.6. The number of aliphatic imine (C=N–C) groups is 1. The topological polar surface area (TPSA) is 49.3 Å². The first-order valence-corrected chi connectivity index (χ1v) is 8.38. The third kappa shape index (κ3) is 5.93. The quantitative estimate of drug-likeness (QED) is 0.399. The number of benzene rings is 1. The fourth-order valence-corrected chi connectivity index (χ4v) is 3.05. The molecule has 23 heavy (non-hydrogen) atoms. The van der Waals surface area contributed by atoms with Crippen LogP contribution >= 0.6 is 46.9 Å². The Labute approximate surface area is 163 Å². The zero-order chi connectivity index (χ0) is 16.1. The van der Waals surface area contributed by atoms with Crippen molar-refractivity contribution in [3.05, 3.63) is 39.2 Å². The molecule has 1 aromatic carbocycles. The molecule has 0 radical (unpaired) electrons. The monoisotopic (exact) mass is 464 g/mol. The van der Waals surface area contributed by atoms with Crippen LogP contribution in [0.5, 0.6) is 0 Å². The maximum atomic E-state index is 5.94. The van der Waals surface area contributed by atoms with E-state index in [1.807, 2.05) is 24.3 Å². The van der Waals surface area contributed by atoms with Crippen molar-refractivity contribution >= 4 is 52.9 Å². The highest BCUT2D eigenvalue weighted by Crippen LogP contribution is 2.28. The molecule has 0 aliphatic heterocycles. The second-order valence-electron chi connectivity index (χ2n) is 5.24. The molecule has 1 aromatic heterocycles. The number of halogens is 2. The van der Waals surface area contributed by atoms with Crippen LogP contribution in [-0.4, -0.2) is 24.0 Å². The van der Waals surface area contributed by atoms with Gasteiger partial charge in [-0.05, 0) is 32.9 Å². The Balaban J connectivity index is 0.00000264. The highest BCUT2D eigenvalue weighted by molar-refractivity contribution is 14.0. The normalized spacial score (nSPS) is 11.3. The Kier molecular flexibility index (Phi) is 8.28. The van der Waals surface area contributed by atoms with E-state index in [2.05, 4.69) is 36.4 Å². The molecule has 0 bridgehead atoms. The predicted octanol–water partition coefficient (Wildman–Crippen LogP) is 4.46. The van der Waals surface area contributed by atoms with Crippen molar-refractivity contribution in [2.45, 2.75) is 33.4 Å². The van der Waals surface area contributed by atoms with Gasteiger partial charge >= 0.3 is 0 Å². The van der Waals surface area contributed by atoms with Gasteiger partial charge in [-0.15, -0.1) is 35.3 Å². The Morgan fingerprint density at radius 1 is 1.30 bits per heavy atom. The number of aromatic nitrogens is 1. The molecule has 0 aliphatic rings. The molecular formula is C16H22ClIN4S. The lowest BCUT2D eigenvalue weighted by Crippen LogP contribution is -2.40. The van der Waals surface area contributed by atoms with Crippen LogP contribution in [-0.2, 0) is 6.54 Å². The molecule has 0 unspecified atom stereocenters. The first kappa shape index (κ1) is 20.2. The molecule has 2 rings (SSSR count). The first-order chi connectivity index (χ1) is 10.5. The second kappa shape index (κ2) is 9.44. The number of guanidine groups is 1. The molecule has 0 spiro atoms. The SMILES string of the molecule is CN=C(NCc1nc(-c2ccc(Cl)cc2)c(C)s1)NC(C)C.I.